The van der Waals surface area contributed by atoms with Crippen molar-refractivity contribution in [2.24, 2.45) is 0 Å². The van der Waals surface area contributed by atoms with Crippen LogP contribution in [0.4, 0.5) is 0 Å². The number of fused-ring (bicyclic) bond motifs is 1. The quantitative estimate of drug-likeness (QED) is 0.651. The summed E-state index contributed by atoms with van der Waals surface area (Å²) in [5.74, 6) is 0. The monoisotopic (exact) mass is 198 g/mol. The predicted molar refractivity (Wildman–Crippen MR) is 51.9 cm³/mol. The molecule has 0 spiro atoms. The van der Waals surface area contributed by atoms with Crippen LogP contribution < -0.4 is 0 Å². The lowest BCUT2D eigenvalue weighted by molar-refractivity contribution is 1.17. The van der Waals surface area contributed by atoms with Crippen molar-refractivity contribution in [3.8, 4) is 0 Å². The molecule has 0 bridgehead atoms. The number of thiazole rings is 1. The van der Waals surface area contributed by atoms with Crippen molar-refractivity contribution >= 4 is 33.3 Å². The van der Waals surface area contributed by atoms with E-state index in [-0.39, 0.29) is 0 Å². The minimum atomic E-state index is 0.558. The van der Waals surface area contributed by atoms with Gasteiger partial charge in [-0.3, -0.25) is 0 Å². The van der Waals surface area contributed by atoms with Crippen molar-refractivity contribution in [2.45, 2.75) is 13.8 Å². The number of aryl methyl sites for hydroxylation is 2. The third kappa shape index (κ3) is 1.19. The Hall–Kier alpha value is -0.670. The molecule has 2 nitrogen and oxygen atoms in total. The van der Waals surface area contributed by atoms with E-state index in [0.717, 1.165) is 16.0 Å². The molecule has 0 aromatic carbocycles. The minimum Gasteiger partial charge on any atom is -0.232 e. The molecule has 0 aliphatic rings. The van der Waals surface area contributed by atoms with Crippen molar-refractivity contribution in [2.75, 3.05) is 0 Å². The highest BCUT2D eigenvalue weighted by Gasteiger charge is 2.04. The van der Waals surface area contributed by atoms with Gasteiger partial charge in [0.15, 0.2) is 10.1 Å². The van der Waals surface area contributed by atoms with Gasteiger partial charge < -0.3 is 0 Å². The number of pyridine rings is 1. The molecule has 0 amide bonds. The molecule has 0 aliphatic carbocycles. The van der Waals surface area contributed by atoms with E-state index in [1.165, 1.54) is 16.9 Å². The molecule has 4 heteroatoms. The summed E-state index contributed by atoms with van der Waals surface area (Å²) in [7, 11) is 0. The van der Waals surface area contributed by atoms with Gasteiger partial charge in [-0.25, -0.2) is 9.97 Å². The molecule has 2 aromatic heterocycles. The third-order valence-electron chi connectivity index (χ3n) is 1.80. The first-order chi connectivity index (χ1) is 5.66. The molecule has 12 heavy (non-hydrogen) atoms. The van der Waals surface area contributed by atoms with Crippen LogP contribution in [0.3, 0.4) is 0 Å². The number of hydrogen-bond donors (Lipinski definition) is 0. The molecule has 2 rings (SSSR count). The lowest BCUT2D eigenvalue weighted by atomic mass is 10.2. The Morgan fingerprint density at radius 2 is 2.08 bits per heavy atom. The van der Waals surface area contributed by atoms with Gasteiger partial charge in [0.25, 0.3) is 0 Å². The zero-order valence-electron chi connectivity index (χ0n) is 6.76. The number of nitrogens with zero attached hydrogens (tertiary/aromatic N) is 2. The van der Waals surface area contributed by atoms with E-state index in [4.69, 9.17) is 11.6 Å². The molecular formula is C8H7ClN2S. The lowest BCUT2D eigenvalue weighted by Crippen LogP contribution is -1.85. The fraction of sp³-hybridized carbons (Fsp3) is 0.250. The zero-order chi connectivity index (χ0) is 8.72. The van der Waals surface area contributed by atoms with E-state index < -0.39 is 0 Å². The van der Waals surface area contributed by atoms with Gasteiger partial charge in [-0.2, -0.15) is 0 Å². The summed E-state index contributed by atoms with van der Waals surface area (Å²) < 4.78 is 1.62. The van der Waals surface area contributed by atoms with E-state index in [0.29, 0.717) is 4.47 Å². The molecule has 0 radical (unpaired) electrons. The molecule has 62 valence electrons. The summed E-state index contributed by atoms with van der Waals surface area (Å²) in [6.45, 7) is 4.01. The third-order valence-corrected chi connectivity index (χ3v) is 2.90. The molecule has 0 saturated heterocycles. The first-order valence-corrected chi connectivity index (χ1v) is 4.76. The van der Waals surface area contributed by atoms with Crippen molar-refractivity contribution in [3.05, 3.63) is 21.8 Å². The molecule has 0 atom stereocenters. The van der Waals surface area contributed by atoms with Gasteiger partial charge in [0.2, 0.25) is 0 Å². The second-order valence-corrected chi connectivity index (χ2v) is 4.29. The Labute approximate surface area is 79.2 Å². The number of rotatable bonds is 0. The predicted octanol–water partition coefficient (Wildman–Crippen LogP) is 2.96. The van der Waals surface area contributed by atoms with E-state index in [9.17, 15) is 0 Å². The Morgan fingerprint density at radius 3 is 2.83 bits per heavy atom. The Bertz CT molecular complexity index is 397. The summed E-state index contributed by atoms with van der Waals surface area (Å²) in [6, 6.07) is 2.07. The highest BCUT2D eigenvalue weighted by Crippen LogP contribution is 2.25. The summed E-state index contributed by atoms with van der Waals surface area (Å²) in [5.41, 5.74) is 2.96. The molecule has 0 unspecified atom stereocenters. The molecule has 2 aromatic rings. The van der Waals surface area contributed by atoms with E-state index >= 15 is 0 Å². The van der Waals surface area contributed by atoms with Crippen molar-refractivity contribution < 1.29 is 0 Å². The van der Waals surface area contributed by atoms with Crippen LogP contribution in [-0.2, 0) is 0 Å². The average molecular weight is 199 g/mol. The van der Waals surface area contributed by atoms with Crippen LogP contribution in [0.1, 0.15) is 11.3 Å². The molecule has 2 heterocycles. The Balaban J connectivity index is 2.83. The van der Waals surface area contributed by atoms with Crippen molar-refractivity contribution in [1.29, 1.82) is 0 Å². The van der Waals surface area contributed by atoms with E-state index in [2.05, 4.69) is 16.0 Å². The standard InChI is InChI=1S/C8H7ClN2S/c1-4-3-6-7(10-5(4)2)11-8(9)12-6/h3H,1-2H3. The smallest absolute Gasteiger partial charge is 0.186 e. The van der Waals surface area contributed by atoms with Crippen LogP contribution in [-0.4, -0.2) is 9.97 Å². The lowest BCUT2D eigenvalue weighted by Gasteiger charge is -1.95. The van der Waals surface area contributed by atoms with Gasteiger partial charge in [-0.05, 0) is 25.5 Å². The summed E-state index contributed by atoms with van der Waals surface area (Å²) >= 11 is 7.22. The fourth-order valence-electron chi connectivity index (χ4n) is 1.02. The van der Waals surface area contributed by atoms with Gasteiger partial charge in [-0.1, -0.05) is 11.6 Å². The molecule has 0 N–H and O–H groups in total. The first-order valence-electron chi connectivity index (χ1n) is 3.57. The molecule has 0 fully saturated rings. The van der Waals surface area contributed by atoms with E-state index in [1.54, 1.807) is 0 Å². The first kappa shape index (κ1) is 7.95. The fourth-order valence-corrected chi connectivity index (χ4v) is 2.08. The van der Waals surface area contributed by atoms with Gasteiger partial charge in [0, 0.05) is 5.69 Å². The van der Waals surface area contributed by atoms with Crippen LogP contribution in [0.5, 0.6) is 0 Å². The maximum Gasteiger partial charge on any atom is 0.186 e. The van der Waals surface area contributed by atoms with Crippen LogP contribution in [0.15, 0.2) is 6.07 Å². The second kappa shape index (κ2) is 2.68. The Kier molecular flexibility index (Phi) is 1.77. The summed E-state index contributed by atoms with van der Waals surface area (Å²) in [6.07, 6.45) is 0. The van der Waals surface area contributed by atoms with Gasteiger partial charge in [0.05, 0.1) is 4.70 Å². The minimum absolute atomic E-state index is 0.558. The highest BCUT2D eigenvalue weighted by molar-refractivity contribution is 7.22. The number of halogens is 1. The highest BCUT2D eigenvalue weighted by atomic mass is 35.5. The average Bonchev–Trinajstić information content (AvgIpc) is 2.30. The molecule has 0 aliphatic heterocycles. The second-order valence-electron chi connectivity index (χ2n) is 2.68. The SMILES string of the molecule is Cc1cc2sc(Cl)nc2nc1C. The number of hydrogen-bond acceptors (Lipinski definition) is 3. The number of aromatic nitrogens is 2. The van der Waals surface area contributed by atoms with Gasteiger partial charge >= 0.3 is 0 Å². The van der Waals surface area contributed by atoms with Crippen LogP contribution in [0.2, 0.25) is 4.47 Å². The zero-order valence-corrected chi connectivity index (χ0v) is 8.33. The van der Waals surface area contributed by atoms with Crippen LogP contribution in [0, 0.1) is 13.8 Å². The molecule has 0 saturated carbocycles. The van der Waals surface area contributed by atoms with Crippen molar-refractivity contribution in [3.63, 3.8) is 0 Å². The topological polar surface area (TPSA) is 25.8 Å². The summed E-state index contributed by atoms with van der Waals surface area (Å²) in [5, 5.41) is 0. The summed E-state index contributed by atoms with van der Waals surface area (Å²) in [4.78, 5) is 8.40. The van der Waals surface area contributed by atoms with Crippen LogP contribution in [0.25, 0.3) is 10.3 Å². The van der Waals surface area contributed by atoms with E-state index in [1.807, 2.05) is 13.8 Å². The largest absolute Gasteiger partial charge is 0.232 e. The Morgan fingerprint density at radius 1 is 1.33 bits per heavy atom. The van der Waals surface area contributed by atoms with Crippen molar-refractivity contribution in [1.82, 2.24) is 9.97 Å². The maximum atomic E-state index is 5.76. The molecular weight excluding hydrogens is 192 g/mol. The van der Waals surface area contributed by atoms with Gasteiger partial charge in [-0.15, -0.1) is 11.3 Å². The van der Waals surface area contributed by atoms with Crippen LogP contribution >= 0.6 is 22.9 Å². The normalized spacial score (nSPS) is 10.9. The maximum absolute atomic E-state index is 5.76. The van der Waals surface area contributed by atoms with Gasteiger partial charge in [0.1, 0.15) is 0 Å².